The Bertz CT molecular complexity index is 825. The number of ether oxygens (including phenoxy) is 1. The summed E-state index contributed by atoms with van der Waals surface area (Å²) in [6, 6.07) is 16.4. The number of aromatic nitrogens is 1. The standard InChI is InChI=1S/C18H15NO3/c1-12-15(10-14-4-2-3-5-17(14)19-12)11-22-16-8-6-13(7-9-16)18(20)21/h2-10H,11H2,1H3,(H,20,21). The van der Waals surface area contributed by atoms with E-state index in [0.717, 1.165) is 22.2 Å². The fraction of sp³-hybridized carbons (Fsp3) is 0.111. The van der Waals surface area contributed by atoms with E-state index in [1.54, 1.807) is 12.1 Å². The third kappa shape index (κ3) is 2.91. The Kier molecular flexibility index (Phi) is 3.74. The van der Waals surface area contributed by atoms with Crippen LogP contribution >= 0.6 is 0 Å². The summed E-state index contributed by atoms with van der Waals surface area (Å²) in [6.45, 7) is 2.36. The first-order valence-electron chi connectivity index (χ1n) is 6.95. The zero-order valence-electron chi connectivity index (χ0n) is 12.1. The molecule has 110 valence electrons. The van der Waals surface area contributed by atoms with Crippen LogP contribution in [-0.2, 0) is 6.61 Å². The first-order valence-corrected chi connectivity index (χ1v) is 6.95. The molecule has 1 heterocycles. The van der Waals surface area contributed by atoms with Crippen LogP contribution in [0.3, 0.4) is 0 Å². The lowest BCUT2D eigenvalue weighted by molar-refractivity contribution is 0.0697. The van der Waals surface area contributed by atoms with Crippen molar-refractivity contribution in [3.05, 3.63) is 71.4 Å². The molecule has 1 aromatic heterocycles. The Labute approximate surface area is 128 Å². The molecule has 1 N–H and O–H groups in total. The van der Waals surface area contributed by atoms with E-state index in [2.05, 4.69) is 11.1 Å². The Hall–Kier alpha value is -2.88. The van der Waals surface area contributed by atoms with E-state index in [4.69, 9.17) is 9.84 Å². The Morgan fingerprint density at radius 2 is 1.86 bits per heavy atom. The molecule has 4 nitrogen and oxygen atoms in total. The highest BCUT2D eigenvalue weighted by molar-refractivity contribution is 5.87. The molecule has 0 fully saturated rings. The summed E-state index contributed by atoms with van der Waals surface area (Å²) in [5.74, 6) is -0.307. The number of pyridine rings is 1. The van der Waals surface area contributed by atoms with Crippen LogP contribution in [0.15, 0.2) is 54.6 Å². The SMILES string of the molecule is Cc1nc2ccccc2cc1COc1ccc(C(=O)O)cc1. The fourth-order valence-corrected chi connectivity index (χ4v) is 2.26. The number of nitrogens with zero attached hydrogens (tertiary/aromatic N) is 1. The van der Waals surface area contributed by atoms with Gasteiger partial charge in [-0.2, -0.15) is 0 Å². The second-order valence-electron chi connectivity index (χ2n) is 5.04. The molecule has 0 bridgehead atoms. The quantitative estimate of drug-likeness (QED) is 0.794. The molecule has 3 rings (SSSR count). The van der Waals surface area contributed by atoms with Gasteiger partial charge in [-0.1, -0.05) is 18.2 Å². The minimum absolute atomic E-state index is 0.246. The van der Waals surface area contributed by atoms with Crippen molar-refractivity contribution in [2.24, 2.45) is 0 Å². The van der Waals surface area contributed by atoms with Gasteiger partial charge in [0, 0.05) is 16.6 Å². The van der Waals surface area contributed by atoms with Crippen LogP contribution < -0.4 is 4.74 Å². The van der Waals surface area contributed by atoms with E-state index < -0.39 is 5.97 Å². The van der Waals surface area contributed by atoms with Gasteiger partial charge < -0.3 is 9.84 Å². The van der Waals surface area contributed by atoms with E-state index in [9.17, 15) is 4.79 Å². The van der Waals surface area contributed by atoms with E-state index >= 15 is 0 Å². The molecule has 0 saturated heterocycles. The van der Waals surface area contributed by atoms with Crippen molar-refractivity contribution in [2.45, 2.75) is 13.5 Å². The molecule has 3 aromatic rings. The van der Waals surface area contributed by atoms with Gasteiger partial charge in [0.25, 0.3) is 0 Å². The summed E-state index contributed by atoms with van der Waals surface area (Å²) in [4.78, 5) is 15.4. The van der Waals surface area contributed by atoms with Crippen LogP contribution in [0.5, 0.6) is 5.75 Å². The van der Waals surface area contributed by atoms with Gasteiger partial charge in [-0.15, -0.1) is 0 Å². The van der Waals surface area contributed by atoms with Crippen LogP contribution in [0.1, 0.15) is 21.6 Å². The number of hydrogen-bond acceptors (Lipinski definition) is 3. The normalized spacial score (nSPS) is 10.6. The molecule has 0 aliphatic heterocycles. The maximum Gasteiger partial charge on any atom is 0.335 e. The molecule has 4 heteroatoms. The number of hydrogen-bond donors (Lipinski definition) is 1. The Morgan fingerprint density at radius 3 is 2.59 bits per heavy atom. The van der Waals surface area contributed by atoms with Crippen LogP contribution in [0.25, 0.3) is 10.9 Å². The van der Waals surface area contributed by atoms with Crippen LogP contribution in [0.4, 0.5) is 0 Å². The molecule has 2 aromatic carbocycles. The summed E-state index contributed by atoms with van der Waals surface area (Å²) in [5, 5.41) is 9.95. The van der Waals surface area contributed by atoms with Gasteiger partial charge in [-0.25, -0.2) is 4.79 Å². The minimum atomic E-state index is -0.943. The second-order valence-corrected chi connectivity index (χ2v) is 5.04. The first-order chi connectivity index (χ1) is 10.6. The zero-order chi connectivity index (χ0) is 15.5. The van der Waals surface area contributed by atoms with Crippen LogP contribution in [0.2, 0.25) is 0 Å². The van der Waals surface area contributed by atoms with E-state index in [0.29, 0.717) is 12.4 Å². The third-order valence-corrected chi connectivity index (χ3v) is 3.51. The van der Waals surface area contributed by atoms with Gasteiger partial charge in [-0.05, 0) is 43.3 Å². The lowest BCUT2D eigenvalue weighted by Crippen LogP contribution is -2.01. The second kappa shape index (κ2) is 5.85. The molecular formula is C18H15NO3. The summed E-state index contributed by atoms with van der Waals surface area (Å²) in [7, 11) is 0. The van der Waals surface area contributed by atoms with Crippen molar-refractivity contribution in [3.8, 4) is 5.75 Å². The van der Waals surface area contributed by atoms with E-state index in [-0.39, 0.29) is 5.56 Å². The number of carboxylic acids is 1. The van der Waals surface area contributed by atoms with Crippen molar-refractivity contribution in [2.75, 3.05) is 0 Å². The molecule has 0 saturated carbocycles. The average Bonchev–Trinajstić information content (AvgIpc) is 2.53. The number of carboxylic acid groups (broad SMARTS) is 1. The van der Waals surface area contributed by atoms with Crippen molar-refractivity contribution in [3.63, 3.8) is 0 Å². The van der Waals surface area contributed by atoms with Gasteiger partial charge >= 0.3 is 5.97 Å². The fourth-order valence-electron chi connectivity index (χ4n) is 2.26. The van der Waals surface area contributed by atoms with Gasteiger partial charge in [0.15, 0.2) is 0 Å². The molecular weight excluding hydrogens is 278 g/mol. The molecule has 0 amide bonds. The molecule has 0 atom stereocenters. The highest BCUT2D eigenvalue weighted by atomic mass is 16.5. The summed E-state index contributed by atoms with van der Waals surface area (Å²) < 4.78 is 5.72. The number of aromatic carboxylic acids is 1. The zero-order valence-corrected chi connectivity index (χ0v) is 12.1. The van der Waals surface area contributed by atoms with Crippen molar-refractivity contribution in [1.82, 2.24) is 4.98 Å². The number of fused-ring (bicyclic) bond motifs is 1. The smallest absolute Gasteiger partial charge is 0.335 e. The average molecular weight is 293 g/mol. The topological polar surface area (TPSA) is 59.4 Å². The van der Waals surface area contributed by atoms with Crippen molar-refractivity contribution in [1.29, 1.82) is 0 Å². The Morgan fingerprint density at radius 1 is 1.14 bits per heavy atom. The lowest BCUT2D eigenvalue weighted by atomic mass is 10.1. The Balaban J connectivity index is 1.78. The first kappa shape index (κ1) is 14.1. The number of rotatable bonds is 4. The van der Waals surface area contributed by atoms with Gasteiger partial charge in [0.2, 0.25) is 0 Å². The maximum atomic E-state index is 10.8. The van der Waals surface area contributed by atoms with E-state index in [1.807, 2.05) is 31.2 Å². The monoisotopic (exact) mass is 293 g/mol. The minimum Gasteiger partial charge on any atom is -0.489 e. The maximum absolute atomic E-state index is 10.8. The van der Waals surface area contributed by atoms with Gasteiger partial charge in [-0.3, -0.25) is 4.98 Å². The van der Waals surface area contributed by atoms with Gasteiger partial charge in [0.1, 0.15) is 12.4 Å². The van der Waals surface area contributed by atoms with Crippen molar-refractivity contribution >= 4 is 16.9 Å². The van der Waals surface area contributed by atoms with Gasteiger partial charge in [0.05, 0.1) is 11.1 Å². The van der Waals surface area contributed by atoms with Crippen LogP contribution in [-0.4, -0.2) is 16.1 Å². The van der Waals surface area contributed by atoms with Crippen LogP contribution in [0, 0.1) is 6.92 Å². The molecule has 22 heavy (non-hydrogen) atoms. The predicted octanol–water partition coefficient (Wildman–Crippen LogP) is 3.82. The number of para-hydroxylation sites is 1. The van der Waals surface area contributed by atoms with E-state index in [1.165, 1.54) is 12.1 Å². The highest BCUT2D eigenvalue weighted by Gasteiger charge is 2.05. The molecule has 0 spiro atoms. The summed E-state index contributed by atoms with van der Waals surface area (Å²) >= 11 is 0. The molecule has 0 aliphatic carbocycles. The lowest BCUT2D eigenvalue weighted by Gasteiger charge is -2.10. The molecule has 0 radical (unpaired) electrons. The summed E-state index contributed by atoms with van der Waals surface area (Å²) in [6.07, 6.45) is 0. The largest absolute Gasteiger partial charge is 0.489 e. The number of benzene rings is 2. The number of aryl methyl sites for hydroxylation is 1. The third-order valence-electron chi connectivity index (χ3n) is 3.51. The molecule has 0 unspecified atom stereocenters. The molecule has 0 aliphatic rings. The highest BCUT2D eigenvalue weighted by Crippen LogP contribution is 2.19. The summed E-state index contributed by atoms with van der Waals surface area (Å²) in [5.41, 5.74) is 3.16. The number of carbonyl (C=O) groups is 1. The predicted molar refractivity (Wildman–Crippen MR) is 84.2 cm³/mol. The van der Waals surface area contributed by atoms with Crippen molar-refractivity contribution < 1.29 is 14.6 Å².